The van der Waals surface area contributed by atoms with Gasteiger partial charge in [-0.3, -0.25) is 4.79 Å². The van der Waals surface area contributed by atoms with Crippen LogP contribution in [0.2, 0.25) is 0 Å². The second kappa shape index (κ2) is 5.46. The van der Waals surface area contributed by atoms with E-state index >= 15 is 0 Å². The lowest BCUT2D eigenvalue weighted by molar-refractivity contribution is 0.0946. The third kappa shape index (κ3) is 3.59. The van der Waals surface area contributed by atoms with Crippen LogP contribution in [0.25, 0.3) is 0 Å². The Morgan fingerprint density at radius 1 is 1.47 bits per heavy atom. The van der Waals surface area contributed by atoms with E-state index in [2.05, 4.69) is 24.1 Å². The van der Waals surface area contributed by atoms with E-state index in [1.54, 1.807) is 0 Å². The maximum Gasteiger partial charge on any atom is 0.251 e. The van der Waals surface area contributed by atoms with E-state index in [0.717, 1.165) is 17.7 Å². The number of amides is 1. The van der Waals surface area contributed by atoms with Crippen molar-refractivity contribution in [3.05, 3.63) is 34.9 Å². The van der Waals surface area contributed by atoms with Gasteiger partial charge in [0.05, 0.1) is 6.54 Å². The molecule has 0 aromatic heterocycles. The lowest BCUT2D eigenvalue weighted by atomic mass is 10.0. The van der Waals surface area contributed by atoms with Crippen LogP contribution in [-0.2, 0) is 0 Å². The Hall–Kier alpha value is -1.79. The van der Waals surface area contributed by atoms with Gasteiger partial charge in [0.15, 0.2) is 0 Å². The molecule has 0 radical (unpaired) electrons. The summed E-state index contributed by atoms with van der Waals surface area (Å²) in [6.45, 7) is 5.26. The van der Waals surface area contributed by atoms with Crippen molar-refractivity contribution in [3.63, 3.8) is 0 Å². The first kappa shape index (κ1) is 13.6. The number of carbonyl (C=O) groups is 1. The maximum absolute atomic E-state index is 12.1. The topological polar surface area (TPSA) is 55.1 Å². The van der Waals surface area contributed by atoms with Crippen LogP contribution in [0.5, 0.6) is 0 Å². The molecule has 1 aliphatic rings. The highest BCUT2D eigenvalue weighted by Gasteiger charge is 2.37. The molecule has 3 nitrogen and oxygen atoms in total. The standard InChI is InChI=1S/C16H20N2O/c1-12-5-6-14(10-13(12)4-3-9-17)15(19)18-11-16(2)7-8-16/h5-6,10H,7-9,11,17H2,1-2H3,(H,18,19). The van der Waals surface area contributed by atoms with Gasteiger partial charge in [-0.25, -0.2) is 0 Å². The summed E-state index contributed by atoms with van der Waals surface area (Å²) in [7, 11) is 0. The molecule has 100 valence electrons. The molecule has 0 aliphatic heterocycles. The lowest BCUT2D eigenvalue weighted by Gasteiger charge is -2.10. The van der Waals surface area contributed by atoms with Crippen molar-refractivity contribution in [1.82, 2.24) is 5.32 Å². The molecular weight excluding hydrogens is 236 g/mol. The van der Waals surface area contributed by atoms with Crippen molar-refractivity contribution in [2.24, 2.45) is 11.1 Å². The van der Waals surface area contributed by atoms with Gasteiger partial charge in [0.25, 0.3) is 5.91 Å². The molecule has 1 aromatic rings. The molecule has 3 heteroatoms. The molecule has 1 fully saturated rings. The largest absolute Gasteiger partial charge is 0.351 e. The predicted molar refractivity (Wildman–Crippen MR) is 76.8 cm³/mol. The second-order valence-electron chi connectivity index (χ2n) is 5.53. The van der Waals surface area contributed by atoms with Crippen LogP contribution in [0.15, 0.2) is 18.2 Å². The SMILES string of the molecule is Cc1ccc(C(=O)NCC2(C)CC2)cc1C#CCN. The summed E-state index contributed by atoms with van der Waals surface area (Å²) >= 11 is 0. The van der Waals surface area contributed by atoms with E-state index in [4.69, 9.17) is 5.73 Å². The third-order valence-electron chi connectivity index (χ3n) is 3.60. The quantitative estimate of drug-likeness (QED) is 0.811. The highest BCUT2D eigenvalue weighted by atomic mass is 16.1. The molecule has 0 saturated heterocycles. The van der Waals surface area contributed by atoms with Crippen molar-refractivity contribution in [2.75, 3.05) is 13.1 Å². The van der Waals surface area contributed by atoms with Gasteiger partial charge in [0.2, 0.25) is 0 Å². The molecule has 1 saturated carbocycles. The summed E-state index contributed by atoms with van der Waals surface area (Å²) in [5, 5.41) is 2.99. The Balaban J connectivity index is 2.08. The van der Waals surface area contributed by atoms with Gasteiger partial charge < -0.3 is 11.1 Å². The molecule has 0 atom stereocenters. The van der Waals surface area contributed by atoms with E-state index in [1.807, 2.05) is 25.1 Å². The number of nitrogens with two attached hydrogens (primary N) is 1. The summed E-state index contributed by atoms with van der Waals surface area (Å²) < 4.78 is 0. The summed E-state index contributed by atoms with van der Waals surface area (Å²) in [6, 6.07) is 5.60. The van der Waals surface area contributed by atoms with Gasteiger partial charge in [0.1, 0.15) is 0 Å². The molecule has 1 aliphatic carbocycles. The number of carbonyl (C=O) groups excluding carboxylic acids is 1. The van der Waals surface area contributed by atoms with Gasteiger partial charge in [-0.05, 0) is 42.9 Å². The maximum atomic E-state index is 12.1. The zero-order valence-electron chi connectivity index (χ0n) is 11.5. The number of benzene rings is 1. The molecule has 0 bridgehead atoms. The van der Waals surface area contributed by atoms with E-state index in [-0.39, 0.29) is 5.91 Å². The van der Waals surface area contributed by atoms with Crippen molar-refractivity contribution in [2.45, 2.75) is 26.7 Å². The van der Waals surface area contributed by atoms with E-state index in [1.165, 1.54) is 12.8 Å². The number of rotatable bonds is 3. The summed E-state index contributed by atoms with van der Waals surface area (Å²) in [4.78, 5) is 12.1. The van der Waals surface area contributed by atoms with Crippen molar-refractivity contribution in [3.8, 4) is 11.8 Å². The minimum Gasteiger partial charge on any atom is -0.351 e. The molecule has 3 N–H and O–H groups in total. The molecule has 19 heavy (non-hydrogen) atoms. The van der Waals surface area contributed by atoms with E-state index in [9.17, 15) is 4.79 Å². The minimum absolute atomic E-state index is 0.0241. The monoisotopic (exact) mass is 256 g/mol. The van der Waals surface area contributed by atoms with Crippen LogP contribution < -0.4 is 11.1 Å². The van der Waals surface area contributed by atoms with Crippen molar-refractivity contribution < 1.29 is 4.79 Å². The summed E-state index contributed by atoms with van der Waals surface area (Å²) in [5.74, 6) is 5.80. The van der Waals surface area contributed by atoms with Gasteiger partial charge in [-0.15, -0.1) is 0 Å². The second-order valence-corrected chi connectivity index (χ2v) is 5.53. The fourth-order valence-electron chi connectivity index (χ4n) is 1.83. The Labute approximate surface area is 114 Å². The van der Waals surface area contributed by atoms with Gasteiger partial charge in [-0.2, -0.15) is 0 Å². The third-order valence-corrected chi connectivity index (χ3v) is 3.60. The first-order valence-corrected chi connectivity index (χ1v) is 6.62. The molecule has 0 spiro atoms. The highest BCUT2D eigenvalue weighted by Crippen LogP contribution is 2.44. The zero-order valence-corrected chi connectivity index (χ0v) is 11.5. The van der Waals surface area contributed by atoms with Gasteiger partial charge in [0, 0.05) is 17.7 Å². The fraction of sp³-hybridized carbons (Fsp3) is 0.438. The van der Waals surface area contributed by atoms with E-state index < -0.39 is 0 Å². The molecule has 1 aromatic carbocycles. The first-order chi connectivity index (χ1) is 9.04. The number of aryl methyl sites for hydroxylation is 1. The van der Waals surface area contributed by atoms with Crippen molar-refractivity contribution >= 4 is 5.91 Å². The molecule has 0 heterocycles. The minimum atomic E-state index is -0.0241. The van der Waals surface area contributed by atoms with Crippen LogP contribution in [0.3, 0.4) is 0 Å². The summed E-state index contributed by atoms with van der Waals surface area (Å²) in [6.07, 6.45) is 2.41. The first-order valence-electron chi connectivity index (χ1n) is 6.62. The molecule has 2 rings (SSSR count). The van der Waals surface area contributed by atoms with Gasteiger partial charge in [-0.1, -0.05) is 24.8 Å². The van der Waals surface area contributed by atoms with Crippen molar-refractivity contribution in [1.29, 1.82) is 0 Å². The Kier molecular flexibility index (Phi) is 3.92. The Morgan fingerprint density at radius 3 is 2.84 bits per heavy atom. The number of nitrogens with one attached hydrogen (secondary N) is 1. The highest BCUT2D eigenvalue weighted by molar-refractivity contribution is 5.94. The molecular formula is C16H20N2O. The average molecular weight is 256 g/mol. The van der Waals surface area contributed by atoms with Crippen LogP contribution in [0, 0.1) is 24.2 Å². The summed E-state index contributed by atoms with van der Waals surface area (Å²) in [5.41, 5.74) is 8.29. The predicted octanol–water partition coefficient (Wildman–Crippen LogP) is 1.84. The number of hydrogen-bond acceptors (Lipinski definition) is 2. The van der Waals surface area contributed by atoms with Gasteiger partial charge >= 0.3 is 0 Å². The Bertz CT molecular complexity index is 548. The van der Waals surface area contributed by atoms with Crippen LogP contribution >= 0.6 is 0 Å². The smallest absolute Gasteiger partial charge is 0.251 e. The van der Waals surface area contributed by atoms with E-state index in [0.29, 0.717) is 17.5 Å². The molecule has 1 amide bonds. The zero-order chi connectivity index (χ0) is 13.9. The average Bonchev–Trinajstić information content (AvgIpc) is 3.13. The fourth-order valence-corrected chi connectivity index (χ4v) is 1.83. The normalized spacial score (nSPS) is 15.3. The number of hydrogen-bond donors (Lipinski definition) is 2. The van der Waals surface area contributed by atoms with Crippen LogP contribution in [0.4, 0.5) is 0 Å². The van der Waals surface area contributed by atoms with Crippen LogP contribution in [-0.4, -0.2) is 19.0 Å². The Morgan fingerprint density at radius 2 is 2.21 bits per heavy atom. The molecule has 0 unspecified atom stereocenters. The lowest BCUT2D eigenvalue weighted by Crippen LogP contribution is -2.29. The van der Waals surface area contributed by atoms with Crippen LogP contribution in [0.1, 0.15) is 41.3 Å².